The lowest BCUT2D eigenvalue weighted by molar-refractivity contribution is 0.355. The van der Waals surface area contributed by atoms with Crippen LogP contribution < -0.4 is 14.8 Å². The zero-order chi connectivity index (χ0) is 15.5. The number of hydrogen-bond donors (Lipinski definition) is 1. The highest BCUT2D eigenvalue weighted by Crippen LogP contribution is 2.39. The van der Waals surface area contributed by atoms with Crippen LogP contribution in [0.4, 0.5) is 11.4 Å². The molecule has 0 bridgehead atoms. The number of hydrogen-bond acceptors (Lipinski definition) is 4. The van der Waals surface area contributed by atoms with Crippen LogP contribution in [0.25, 0.3) is 0 Å². The topological polar surface area (TPSA) is 42.9 Å². The van der Waals surface area contributed by atoms with E-state index in [0.29, 0.717) is 17.9 Å². The Hall–Kier alpha value is -2.40. The number of rotatable bonds is 3. The normalized spacial score (nSPS) is 13.5. The summed E-state index contributed by atoms with van der Waals surface area (Å²) in [4.78, 5) is 5.51. The molecule has 0 unspecified atom stereocenters. The average molecular weight is 312 g/mol. The highest BCUT2D eigenvalue weighted by molar-refractivity contribution is 7.80. The molecular formula is C17H16N2O2S. The van der Waals surface area contributed by atoms with Crippen molar-refractivity contribution in [1.29, 1.82) is 0 Å². The number of fused-ring (bicyclic) bond motifs is 1. The summed E-state index contributed by atoms with van der Waals surface area (Å²) in [6.07, 6.45) is 0.596. The standard InChI is InChI=1S/C17H16N2O2S/c1-20-15-8-13-14(9-16(15)21-2)19-17(22)10-12(18-13)11-6-4-3-5-7-11/h3-9H,10H2,1-2H3,(H,19,22). The van der Waals surface area contributed by atoms with E-state index in [9.17, 15) is 0 Å². The van der Waals surface area contributed by atoms with E-state index in [1.54, 1.807) is 14.2 Å². The lowest BCUT2D eigenvalue weighted by atomic mass is 10.1. The predicted octanol–water partition coefficient (Wildman–Crippen LogP) is 3.97. The molecular weight excluding hydrogens is 296 g/mol. The largest absolute Gasteiger partial charge is 0.493 e. The van der Waals surface area contributed by atoms with E-state index in [1.807, 2.05) is 42.5 Å². The molecule has 1 heterocycles. The molecule has 0 spiro atoms. The molecule has 0 amide bonds. The summed E-state index contributed by atoms with van der Waals surface area (Å²) in [6, 6.07) is 13.8. The van der Waals surface area contributed by atoms with Gasteiger partial charge in [-0.2, -0.15) is 0 Å². The predicted molar refractivity (Wildman–Crippen MR) is 93.0 cm³/mol. The molecule has 2 aromatic carbocycles. The Morgan fingerprint density at radius 2 is 1.73 bits per heavy atom. The van der Waals surface area contributed by atoms with Gasteiger partial charge in [-0.15, -0.1) is 0 Å². The smallest absolute Gasteiger partial charge is 0.163 e. The van der Waals surface area contributed by atoms with Gasteiger partial charge in [-0.25, -0.2) is 0 Å². The molecule has 5 heteroatoms. The van der Waals surface area contributed by atoms with Gasteiger partial charge in [0.05, 0.1) is 36.3 Å². The molecule has 0 fully saturated rings. The first-order valence-electron chi connectivity index (χ1n) is 6.90. The first-order chi connectivity index (χ1) is 10.7. The van der Waals surface area contributed by atoms with Crippen molar-refractivity contribution in [2.75, 3.05) is 19.5 Å². The highest BCUT2D eigenvalue weighted by atomic mass is 32.1. The quantitative estimate of drug-likeness (QED) is 0.871. The van der Waals surface area contributed by atoms with E-state index < -0.39 is 0 Å². The molecule has 1 aliphatic rings. The minimum Gasteiger partial charge on any atom is -0.493 e. The fourth-order valence-electron chi connectivity index (χ4n) is 2.39. The summed E-state index contributed by atoms with van der Waals surface area (Å²) in [6.45, 7) is 0. The van der Waals surface area contributed by atoms with E-state index >= 15 is 0 Å². The summed E-state index contributed by atoms with van der Waals surface area (Å²) in [5, 5.41) is 3.23. The zero-order valence-electron chi connectivity index (χ0n) is 12.4. The van der Waals surface area contributed by atoms with Crippen LogP contribution in [0, 0.1) is 0 Å². The van der Waals surface area contributed by atoms with Crippen molar-refractivity contribution in [3.05, 3.63) is 48.0 Å². The molecule has 4 nitrogen and oxygen atoms in total. The molecule has 0 atom stereocenters. The van der Waals surface area contributed by atoms with Gasteiger partial charge in [0, 0.05) is 18.6 Å². The van der Waals surface area contributed by atoms with E-state index in [4.69, 9.17) is 26.7 Å². The third-order valence-corrected chi connectivity index (χ3v) is 3.71. The zero-order valence-corrected chi connectivity index (χ0v) is 13.2. The molecule has 0 saturated carbocycles. The highest BCUT2D eigenvalue weighted by Gasteiger charge is 2.18. The lowest BCUT2D eigenvalue weighted by Gasteiger charge is -2.12. The maximum absolute atomic E-state index is 5.42. The van der Waals surface area contributed by atoms with Crippen molar-refractivity contribution < 1.29 is 9.47 Å². The Morgan fingerprint density at radius 3 is 2.41 bits per heavy atom. The summed E-state index contributed by atoms with van der Waals surface area (Å²) in [5.41, 5.74) is 3.61. The Kier molecular flexibility index (Phi) is 4.06. The Morgan fingerprint density at radius 1 is 1.05 bits per heavy atom. The van der Waals surface area contributed by atoms with Gasteiger partial charge in [0.25, 0.3) is 0 Å². The Labute approximate surface area is 134 Å². The van der Waals surface area contributed by atoms with E-state index in [0.717, 1.165) is 27.6 Å². The van der Waals surface area contributed by atoms with Crippen molar-refractivity contribution in [1.82, 2.24) is 0 Å². The van der Waals surface area contributed by atoms with Crippen molar-refractivity contribution in [2.24, 2.45) is 4.99 Å². The van der Waals surface area contributed by atoms with E-state index in [2.05, 4.69) is 5.32 Å². The third-order valence-electron chi connectivity index (χ3n) is 3.47. The van der Waals surface area contributed by atoms with Crippen molar-refractivity contribution >= 4 is 34.3 Å². The molecule has 112 valence electrons. The van der Waals surface area contributed by atoms with E-state index in [1.165, 1.54) is 0 Å². The van der Waals surface area contributed by atoms with Crippen LogP contribution in [0.5, 0.6) is 11.5 Å². The number of nitrogens with one attached hydrogen (secondary N) is 1. The first kappa shape index (κ1) is 14.5. The average Bonchev–Trinajstić information content (AvgIpc) is 2.71. The van der Waals surface area contributed by atoms with Crippen LogP contribution in [-0.2, 0) is 0 Å². The number of ether oxygens (including phenoxy) is 2. The maximum atomic E-state index is 5.42. The van der Waals surface area contributed by atoms with Crippen molar-refractivity contribution in [3.8, 4) is 11.5 Å². The monoisotopic (exact) mass is 312 g/mol. The minimum absolute atomic E-state index is 0.596. The van der Waals surface area contributed by atoms with Gasteiger partial charge in [0.15, 0.2) is 11.5 Å². The van der Waals surface area contributed by atoms with Gasteiger partial charge in [0.2, 0.25) is 0 Å². The third kappa shape index (κ3) is 2.80. The second-order valence-corrected chi connectivity index (χ2v) is 5.37. The lowest BCUT2D eigenvalue weighted by Crippen LogP contribution is -2.12. The summed E-state index contributed by atoms with van der Waals surface area (Å²) >= 11 is 5.42. The maximum Gasteiger partial charge on any atom is 0.163 e. The molecule has 0 saturated heterocycles. The van der Waals surface area contributed by atoms with Crippen LogP contribution in [-0.4, -0.2) is 24.9 Å². The molecule has 0 aromatic heterocycles. The van der Waals surface area contributed by atoms with Crippen LogP contribution >= 0.6 is 12.2 Å². The molecule has 22 heavy (non-hydrogen) atoms. The summed E-state index contributed by atoms with van der Waals surface area (Å²) in [5.74, 6) is 1.29. The van der Waals surface area contributed by atoms with Crippen molar-refractivity contribution in [3.63, 3.8) is 0 Å². The molecule has 0 aliphatic carbocycles. The molecule has 3 rings (SSSR count). The van der Waals surface area contributed by atoms with Gasteiger partial charge in [-0.05, 0) is 5.56 Å². The molecule has 2 aromatic rings. The number of methoxy groups -OCH3 is 2. The van der Waals surface area contributed by atoms with Crippen LogP contribution in [0.2, 0.25) is 0 Å². The van der Waals surface area contributed by atoms with Gasteiger partial charge in [-0.3, -0.25) is 4.99 Å². The van der Waals surface area contributed by atoms with Gasteiger partial charge >= 0.3 is 0 Å². The van der Waals surface area contributed by atoms with Crippen molar-refractivity contribution in [2.45, 2.75) is 6.42 Å². The fraction of sp³-hybridized carbons (Fsp3) is 0.176. The van der Waals surface area contributed by atoms with Gasteiger partial charge in [0.1, 0.15) is 0 Å². The van der Waals surface area contributed by atoms with Crippen LogP contribution in [0.3, 0.4) is 0 Å². The first-order valence-corrected chi connectivity index (χ1v) is 7.31. The minimum atomic E-state index is 0.596. The summed E-state index contributed by atoms with van der Waals surface area (Å²) in [7, 11) is 3.22. The van der Waals surface area contributed by atoms with Crippen LogP contribution in [0.15, 0.2) is 47.5 Å². The molecule has 1 aliphatic heterocycles. The Balaban J connectivity index is 2.13. The second kappa shape index (κ2) is 6.15. The second-order valence-electron chi connectivity index (χ2n) is 4.87. The Bertz CT molecular complexity index is 742. The summed E-state index contributed by atoms with van der Waals surface area (Å²) < 4.78 is 10.7. The molecule has 1 N–H and O–H groups in total. The number of anilines is 1. The number of benzene rings is 2. The number of thiocarbonyl (C=S) groups is 1. The fourth-order valence-corrected chi connectivity index (χ4v) is 2.64. The van der Waals surface area contributed by atoms with E-state index in [-0.39, 0.29) is 0 Å². The number of nitrogens with zero attached hydrogens (tertiary/aromatic N) is 1. The SMILES string of the molecule is COc1cc2c(cc1OC)NC(=S)CC(c1ccccc1)=N2. The van der Waals surface area contributed by atoms with Crippen LogP contribution in [0.1, 0.15) is 12.0 Å². The molecule has 0 radical (unpaired) electrons. The van der Waals surface area contributed by atoms with Gasteiger partial charge < -0.3 is 14.8 Å². The number of aliphatic imine (C=N–C) groups is 1. The van der Waals surface area contributed by atoms with Gasteiger partial charge in [-0.1, -0.05) is 42.5 Å².